The summed E-state index contributed by atoms with van der Waals surface area (Å²) in [6.45, 7) is 1.85. The van der Waals surface area contributed by atoms with E-state index in [0.717, 1.165) is 27.4 Å². The van der Waals surface area contributed by atoms with E-state index in [1.165, 1.54) is 0 Å². The van der Waals surface area contributed by atoms with Gasteiger partial charge in [-0.25, -0.2) is 9.97 Å². The molecule has 4 nitrogen and oxygen atoms in total. The molecule has 0 aliphatic rings. The molecule has 1 aromatic carbocycles. The van der Waals surface area contributed by atoms with Gasteiger partial charge in [-0.05, 0) is 41.1 Å². The smallest absolute Gasteiger partial charge is 0.131 e. The minimum Gasteiger partial charge on any atom is -0.497 e. The Labute approximate surface area is 114 Å². The first-order chi connectivity index (χ1) is 8.63. The van der Waals surface area contributed by atoms with Gasteiger partial charge in [-0.2, -0.15) is 0 Å². The predicted octanol–water partition coefficient (Wildman–Crippen LogP) is 3.23. The molecule has 5 heteroatoms. The number of rotatable bonds is 3. The summed E-state index contributed by atoms with van der Waals surface area (Å²) >= 11 is 3.37. The SMILES string of the molecule is COc1ccc(-c2cc(Br)nc(C)n2)c(OC)c1. The van der Waals surface area contributed by atoms with Crippen molar-refractivity contribution in [1.29, 1.82) is 0 Å². The second kappa shape index (κ2) is 5.35. The first-order valence-electron chi connectivity index (χ1n) is 5.37. The van der Waals surface area contributed by atoms with Gasteiger partial charge in [0.1, 0.15) is 21.9 Å². The minimum absolute atomic E-state index is 0.706. The van der Waals surface area contributed by atoms with Gasteiger partial charge in [-0.3, -0.25) is 0 Å². The van der Waals surface area contributed by atoms with Gasteiger partial charge in [-0.1, -0.05) is 0 Å². The standard InChI is InChI=1S/C13H13BrN2O2/c1-8-15-11(7-13(14)16-8)10-5-4-9(17-2)6-12(10)18-3/h4-7H,1-3H3. The summed E-state index contributed by atoms with van der Waals surface area (Å²) in [5.41, 5.74) is 1.72. The van der Waals surface area contributed by atoms with Gasteiger partial charge < -0.3 is 9.47 Å². The number of ether oxygens (including phenoxy) is 2. The molecule has 0 spiro atoms. The van der Waals surface area contributed by atoms with Gasteiger partial charge >= 0.3 is 0 Å². The monoisotopic (exact) mass is 308 g/mol. The number of benzene rings is 1. The predicted molar refractivity (Wildman–Crippen MR) is 73.0 cm³/mol. The molecule has 0 aliphatic carbocycles. The van der Waals surface area contributed by atoms with E-state index >= 15 is 0 Å². The summed E-state index contributed by atoms with van der Waals surface area (Å²) in [5, 5.41) is 0. The van der Waals surface area contributed by atoms with E-state index in [1.807, 2.05) is 31.2 Å². The lowest BCUT2D eigenvalue weighted by molar-refractivity contribution is 0.395. The number of nitrogens with zero attached hydrogens (tertiary/aromatic N) is 2. The lowest BCUT2D eigenvalue weighted by Crippen LogP contribution is -1.95. The molecule has 0 fully saturated rings. The maximum atomic E-state index is 5.37. The summed E-state index contributed by atoms with van der Waals surface area (Å²) < 4.78 is 11.3. The van der Waals surface area contributed by atoms with Gasteiger partial charge in [0.25, 0.3) is 0 Å². The molecule has 0 saturated carbocycles. The van der Waals surface area contributed by atoms with Crippen LogP contribution in [0.3, 0.4) is 0 Å². The normalized spacial score (nSPS) is 10.2. The van der Waals surface area contributed by atoms with Crippen molar-refractivity contribution in [3.63, 3.8) is 0 Å². The Morgan fingerprint density at radius 1 is 1.06 bits per heavy atom. The van der Waals surface area contributed by atoms with Gasteiger partial charge in [0.2, 0.25) is 0 Å². The van der Waals surface area contributed by atoms with E-state index in [2.05, 4.69) is 25.9 Å². The molecule has 0 bridgehead atoms. The van der Waals surface area contributed by atoms with E-state index in [0.29, 0.717) is 5.82 Å². The summed E-state index contributed by atoms with van der Waals surface area (Å²) in [6, 6.07) is 7.49. The van der Waals surface area contributed by atoms with Crippen LogP contribution in [0.4, 0.5) is 0 Å². The number of aromatic nitrogens is 2. The highest BCUT2D eigenvalue weighted by molar-refractivity contribution is 9.10. The summed E-state index contributed by atoms with van der Waals surface area (Å²) in [5.74, 6) is 2.18. The van der Waals surface area contributed by atoms with Crippen LogP contribution in [0.1, 0.15) is 5.82 Å². The molecular weight excluding hydrogens is 296 g/mol. The highest BCUT2D eigenvalue weighted by Gasteiger charge is 2.10. The summed E-state index contributed by atoms with van der Waals surface area (Å²) in [6.07, 6.45) is 0. The van der Waals surface area contributed by atoms with E-state index in [1.54, 1.807) is 14.2 Å². The van der Waals surface area contributed by atoms with Gasteiger partial charge in [-0.15, -0.1) is 0 Å². The Morgan fingerprint density at radius 3 is 2.44 bits per heavy atom. The largest absolute Gasteiger partial charge is 0.497 e. The molecule has 0 aliphatic heterocycles. The molecule has 0 amide bonds. The van der Waals surface area contributed by atoms with Crippen LogP contribution < -0.4 is 9.47 Å². The fourth-order valence-electron chi connectivity index (χ4n) is 1.68. The Bertz CT molecular complexity index is 553. The fraction of sp³-hybridized carbons (Fsp3) is 0.231. The van der Waals surface area contributed by atoms with Crippen LogP contribution in [0.15, 0.2) is 28.9 Å². The number of hydrogen-bond acceptors (Lipinski definition) is 4. The van der Waals surface area contributed by atoms with Gasteiger partial charge in [0, 0.05) is 11.6 Å². The average molecular weight is 309 g/mol. The Hall–Kier alpha value is -1.62. The summed E-state index contributed by atoms with van der Waals surface area (Å²) in [4.78, 5) is 8.60. The van der Waals surface area contributed by atoms with Crippen molar-refractivity contribution in [3.8, 4) is 22.8 Å². The minimum atomic E-state index is 0.706. The van der Waals surface area contributed by atoms with Crippen molar-refractivity contribution in [3.05, 3.63) is 34.7 Å². The molecule has 0 radical (unpaired) electrons. The zero-order valence-electron chi connectivity index (χ0n) is 10.4. The average Bonchev–Trinajstić information content (AvgIpc) is 2.36. The second-order valence-electron chi connectivity index (χ2n) is 3.69. The van der Waals surface area contributed by atoms with Crippen molar-refractivity contribution in [2.24, 2.45) is 0 Å². The molecule has 18 heavy (non-hydrogen) atoms. The van der Waals surface area contributed by atoms with Crippen LogP contribution in [0, 0.1) is 6.92 Å². The Balaban J connectivity index is 2.55. The van der Waals surface area contributed by atoms with Gasteiger partial charge in [0.05, 0.1) is 19.9 Å². The van der Waals surface area contributed by atoms with E-state index < -0.39 is 0 Å². The molecule has 94 valence electrons. The van der Waals surface area contributed by atoms with Crippen LogP contribution >= 0.6 is 15.9 Å². The zero-order valence-corrected chi connectivity index (χ0v) is 12.0. The Morgan fingerprint density at radius 2 is 1.83 bits per heavy atom. The lowest BCUT2D eigenvalue weighted by Gasteiger charge is -2.10. The van der Waals surface area contributed by atoms with Crippen LogP contribution in [-0.2, 0) is 0 Å². The van der Waals surface area contributed by atoms with Crippen molar-refractivity contribution in [2.45, 2.75) is 6.92 Å². The third-order valence-electron chi connectivity index (χ3n) is 2.49. The molecule has 1 heterocycles. The second-order valence-corrected chi connectivity index (χ2v) is 4.50. The molecule has 2 aromatic rings. The number of halogens is 1. The van der Waals surface area contributed by atoms with Crippen LogP contribution in [0.5, 0.6) is 11.5 Å². The van der Waals surface area contributed by atoms with Crippen LogP contribution in [0.2, 0.25) is 0 Å². The molecule has 1 aromatic heterocycles. The highest BCUT2D eigenvalue weighted by atomic mass is 79.9. The Kier molecular flexibility index (Phi) is 3.81. The van der Waals surface area contributed by atoms with E-state index in [-0.39, 0.29) is 0 Å². The van der Waals surface area contributed by atoms with Crippen molar-refractivity contribution in [1.82, 2.24) is 9.97 Å². The number of methoxy groups -OCH3 is 2. The number of aryl methyl sites for hydroxylation is 1. The molecule has 0 saturated heterocycles. The van der Waals surface area contributed by atoms with Crippen molar-refractivity contribution >= 4 is 15.9 Å². The fourth-order valence-corrected chi connectivity index (χ4v) is 2.15. The van der Waals surface area contributed by atoms with E-state index in [4.69, 9.17) is 9.47 Å². The molecule has 0 unspecified atom stereocenters. The first kappa shape index (κ1) is 12.8. The van der Waals surface area contributed by atoms with Crippen molar-refractivity contribution < 1.29 is 9.47 Å². The lowest BCUT2D eigenvalue weighted by atomic mass is 10.1. The van der Waals surface area contributed by atoms with E-state index in [9.17, 15) is 0 Å². The molecule has 0 N–H and O–H groups in total. The summed E-state index contributed by atoms with van der Waals surface area (Å²) in [7, 11) is 3.25. The third kappa shape index (κ3) is 2.61. The van der Waals surface area contributed by atoms with Crippen LogP contribution in [-0.4, -0.2) is 24.2 Å². The topological polar surface area (TPSA) is 44.2 Å². The highest BCUT2D eigenvalue weighted by Crippen LogP contribution is 2.32. The number of hydrogen-bond donors (Lipinski definition) is 0. The first-order valence-corrected chi connectivity index (χ1v) is 6.17. The molecular formula is C13H13BrN2O2. The van der Waals surface area contributed by atoms with Crippen LogP contribution in [0.25, 0.3) is 11.3 Å². The third-order valence-corrected chi connectivity index (χ3v) is 2.90. The molecule has 2 rings (SSSR count). The quantitative estimate of drug-likeness (QED) is 0.817. The van der Waals surface area contributed by atoms with Gasteiger partial charge in [0.15, 0.2) is 0 Å². The van der Waals surface area contributed by atoms with Crippen molar-refractivity contribution in [2.75, 3.05) is 14.2 Å². The molecule has 0 atom stereocenters. The zero-order chi connectivity index (χ0) is 13.1. The maximum absolute atomic E-state index is 5.37. The maximum Gasteiger partial charge on any atom is 0.131 e.